The zero-order valence-corrected chi connectivity index (χ0v) is 10.5. The van der Waals surface area contributed by atoms with Gasteiger partial charge in [-0.1, -0.05) is 37.6 Å². The van der Waals surface area contributed by atoms with Crippen molar-refractivity contribution in [2.24, 2.45) is 5.84 Å². The lowest BCUT2D eigenvalue weighted by atomic mass is 10.0. The second-order valence-corrected chi connectivity index (χ2v) is 4.22. The second kappa shape index (κ2) is 6.23. The Morgan fingerprint density at radius 2 is 2.22 bits per heavy atom. The molecule has 0 spiro atoms. The van der Waals surface area contributed by atoms with E-state index < -0.39 is 0 Å². The summed E-state index contributed by atoms with van der Waals surface area (Å²) in [5, 5.41) is 0. The molecule has 0 aliphatic carbocycles. The van der Waals surface area contributed by atoms with Crippen LogP contribution in [0.2, 0.25) is 0 Å². The molecular formula is C14H18N4. The third-order valence-corrected chi connectivity index (χ3v) is 2.87. The summed E-state index contributed by atoms with van der Waals surface area (Å²) in [5.74, 6) is 5.64. The van der Waals surface area contributed by atoms with E-state index in [4.69, 9.17) is 5.84 Å². The van der Waals surface area contributed by atoms with Gasteiger partial charge in [-0.15, -0.1) is 0 Å². The fourth-order valence-corrected chi connectivity index (χ4v) is 2.03. The van der Waals surface area contributed by atoms with Crippen molar-refractivity contribution >= 4 is 0 Å². The number of benzene rings is 1. The number of hydrogen-bond acceptors (Lipinski definition) is 4. The lowest BCUT2D eigenvalue weighted by Crippen LogP contribution is -2.29. The molecule has 0 aliphatic rings. The molecule has 0 bridgehead atoms. The van der Waals surface area contributed by atoms with Gasteiger partial charge in [0.05, 0.1) is 17.9 Å². The molecule has 2 aromatic rings. The number of aryl methyl sites for hydroxylation is 1. The van der Waals surface area contributed by atoms with Crippen LogP contribution in [0.15, 0.2) is 42.9 Å². The van der Waals surface area contributed by atoms with E-state index in [0.29, 0.717) is 0 Å². The summed E-state index contributed by atoms with van der Waals surface area (Å²) >= 11 is 0. The highest BCUT2D eigenvalue weighted by molar-refractivity contribution is 5.30. The molecule has 0 saturated heterocycles. The third-order valence-electron chi connectivity index (χ3n) is 2.87. The molecule has 1 aromatic carbocycles. The Hall–Kier alpha value is -1.78. The maximum absolute atomic E-state index is 5.64. The molecular weight excluding hydrogens is 224 g/mol. The fraction of sp³-hybridized carbons (Fsp3) is 0.286. The number of hydrazine groups is 1. The molecule has 94 valence electrons. The summed E-state index contributed by atoms with van der Waals surface area (Å²) in [5.41, 5.74) is 6.06. The summed E-state index contributed by atoms with van der Waals surface area (Å²) in [6.07, 6.45) is 7.28. The quantitative estimate of drug-likeness (QED) is 0.621. The molecule has 1 unspecified atom stereocenters. The average Bonchev–Trinajstić information content (AvgIpc) is 2.42. The Bertz CT molecular complexity index is 484. The summed E-state index contributed by atoms with van der Waals surface area (Å²) in [6.45, 7) is 2.17. The van der Waals surface area contributed by atoms with Crippen molar-refractivity contribution in [3.63, 3.8) is 0 Å². The number of rotatable bonds is 5. The molecule has 1 heterocycles. The lowest BCUT2D eigenvalue weighted by Gasteiger charge is -2.16. The molecule has 1 atom stereocenters. The van der Waals surface area contributed by atoms with E-state index >= 15 is 0 Å². The van der Waals surface area contributed by atoms with E-state index in [1.54, 1.807) is 18.6 Å². The molecule has 0 amide bonds. The van der Waals surface area contributed by atoms with E-state index in [-0.39, 0.29) is 6.04 Å². The van der Waals surface area contributed by atoms with Gasteiger partial charge < -0.3 is 0 Å². The first-order valence-corrected chi connectivity index (χ1v) is 6.16. The smallest absolute Gasteiger partial charge is 0.0897 e. The van der Waals surface area contributed by atoms with Crippen LogP contribution in [0.4, 0.5) is 0 Å². The van der Waals surface area contributed by atoms with Crippen molar-refractivity contribution in [1.82, 2.24) is 15.4 Å². The minimum absolute atomic E-state index is 0.115. The minimum atomic E-state index is -0.115. The highest BCUT2D eigenvalue weighted by Gasteiger charge is 2.13. The number of hydrogen-bond donors (Lipinski definition) is 2. The first-order valence-electron chi connectivity index (χ1n) is 6.16. The molecule has 4 heteroatoms. The van der Waals surface area contributed by atoms with Gasteiger partial charge in [0.25, 0.3) is 0 Å². The fourth-order valence-electron chi connectivity index (χ4n) is 2.03. The Labute approximate surface area is 107 Å². The van der Waals surface area contributed by atoms with Gasteiger partial charge in [0.2, 0.25) is 0 Å². The monoisotopic (exact) mass is 242 g/mol. The van der Waals surface area contributed by atoms with Gasteiger partial charge in [0, 0.05) is 12.4 Å². The largest absolute Gasteiger partial charge is 0.271 e. The maximum atomic E-state index is 5.64. The van der Waals surface area contributed by atoms with Crippen molar-refractivity contribution in [3.05, 3.63) is 59.7 Å². The van der Waals surface area contributed by atoms with Crippen LogP contribution in [0.25, 0.3) is 0 Å². The molecule has 3 N–H and O–H groups in total. The zero-order valence-electron chi connectivity index (χ0n) is 10.5. The standard InChI is InChI=1S/C14H18N4/c1-2-4-11-5-3-6-12(9-11)14(18-15)13-10-16-7-8-17-13/h3,5-10,14,18H,2,4,15H2,1H3. The molecule has 4 nitrogen and oxygen atoms in total. The number of aromatic nitrogens is 2. The number of nitrogens with one attached hydrogen (secondary N) is 1. The van der Waals surface area contributed by atoms with Crippen molar-refractivity contribution in [2.75, 3.05) is 0 Å². The van der Waals surface area contributed by atoms with E-state index in [1.165, 1.54) is 5.56 Å². The van der Waals surface area contributed by atoms with E-state index in [1.807, 2.05) is 0 Å². The van der Waals surface area contributed by atoms with Gasteiger partial charge >= 0.3 is 0 Å². The van der Waals surface area contributed by atoms with Crippen LogP contribution in [0.5, 0.6) is 0 Å². The van der Waals surface area contributed by atoms with Crippen LogP contribution in [0.3, 0.4) is 0 Å². The van der Waals surface area contributed by atoms with Gasteiger partial charge in [-0.2, -0.15) is 0 Å². The Kier molecular flexibility index (Phi) is 4.39. The van der Waals surface area contributed by atoms with Crippen molar-refractivity contribution in [3.8, 4) is 0 Å². The van der Waals surface area contributed by atoms with Crippen molar-refractivity contribution in [2.45, 2.75) is 25.8 Å². The average molecular weight is 242 g/mol. The van der Waals surface area contributed by atoms with Crippen molar-refractivity contribution < 1.29 is 0 Å². The number of nitrogens with two attached hydrogens (primary N) is 1. The highest BCUT2D eigenvalue weighted by Crippen LogP contribution is 2.20. The van der Waals surface area contributed by atoms with Crippen LogP contribution in [-0.4, -0.2) is 9.97 Å². The first kappa shape index (κ1) is 12.7. The Balaban J connectivity index is 2.30. The van der Waals surface area contributed by atoms with Gasteiger partial charge in [-0.05, 0) is 17.5 Å². The molecule has 18 heavy (non-hydrogen) atoms. The zero-order chi connectivity index (χ0) is 12.8. The summed E-state index contributed by atoms with van der Waals surface area (Å²) in [6, 6.07) is 8.30. The molecule has 0 radical (unpaired) electrons. The highest BCUT2D eigenvalue weighted by atomic mass is 15.2. The Morgan fingerprint density at radius 1 is 1.33 bits per heavy atom. The van der Waals surface area contributed by atoms with Crippen LogP contribution in [-0.2, 0) is 6.42 Å². The van der Waals surface area contributed by atoms with E-state index in [9.17, 15) is 0 Å². The van der Waals surface area contributed by atoms with Crippen LogP contribution >= 0.6 is 0 Å². The van der Waals surface area contributed by atoms with Gasteiger partial charge in [-0.3, -0.25) is 15.8 Å². The topological polar surface area (TPSA) is 63.8 Å². The Morgan fingerprint density at radius 3 is 2.89 bits per heavy atom. The lowest BCUT2D eigenvalue weighted by molar-refractivity contribution is 0.617. The van der Waals surface area contributed by atoms with E-state index in [0.717, 1.165) is 24.1 Å². The molecule has 0 aliphatic heterocycles. The molecule has 2 rings (SSSR count). The van der Waals surface area contributed by atoms with Gasteiger partial charge in [0.15, 0.2) is 0 Å². The van der Waals surface area contributed by atoms with Crippen LogP contribution in [0, 0.1) is 0 Å². The first-order chi connectivity index (χ1) is 8.85. The van der Waals surface area contributed by atoms with Crippen molar-refractivity contribution in [1.29, 1.82) is 0 Å². The van der Waals surface area contributed by atoms with Crippen LogP contribution in [0.1, 0.15) is 36.2 Å². The SMILES string of the molecule is CCCc1cccc(C(NN)c2cnccn2)c1. The van der Waals surface area contributed by atoms with E-state index in [2.05, 4.69) is 46.6 Å². The molecule has 0 fully saturated rings. The summed E-state index contributed by atoms with van der Waals surface area (Å²) in [7, 11) is 0. The predicted octanol–water partition coefficient (Wildman–Crippen LogP) is 1.98. The maximum Gasteiger partial charge on any atom is 0.0897 e. The van der Waals surface area contributed by atoms with Crippen LogP contribution < -0.4 is 11.3 Å². The molecule has 0 saturated carbocycles. The minimum Gasteiger partial charge on any atom is -0.271 e. The number of nitrogens with zero attached hydrogens (tertiary/aromatic N) is 2. The van der Waals surface area contributed by atoms with Gasteiger partial charge in [-0.25, -0.2) is 5.43 Å². The second-order valence-electron chi connectivity index (χ2n) is 4.22. The molecule has 1 aromatic heterocycles. The normalized spacial score (nSPS) is 12.3. The third kappa shape index (κ3) is 2.91. The summed E-state index contributed by atoms with van der Waals surface area (Å²) in [4.78, 5) is 8.38. The summed E-state index contributed by atoms with van der Waals surface area (Å²) < 4.78 is 0. The predicted molar refractivity (Wildman–Crippen MR) is 71.6 cm³/mol. The van der Waals surface area contributed by atoms with Gasteiger partial charge in [0.1, 0.15) is 0 Å².